The van der Waals surface area contributed by atoms with Crippen LogP contribution in [0.25, 0.3) is 0 Å². The molecule has 0 amide bonds. The van der Waals surface area contributed by atoms with Gasteiger partial charge in [-0.3, -0.25) is 5.84 Å². The van der Waals surface area contributed by atoms with Crippen LogP contribution >= 0.6 is 0 Å². The fourth-order valence-corrected chi connectivity index (χ4v) is 4.59. The molecule has 2 fully saturated rings. The number of piperidine rings is 1. The molecule has 5 nitrogen and oxygen atoms in total. The number of nitrogens with zero attached hydrogens (tertiary/aromatic N) is 2. The molecule has 0 bridgehead atoms. The molecule has 28 heavy (non-hydrogen) atoms. The van der Waals surface area contributed by atoms with Crippen LogP contribution in [0.5, 0.6) is 5.88 Å². The van der Waals surface area contributed by atoms with Crippen molar-refractivity contribution in [3.8, 4) is 5.88 Å². The van der Waals surface area contributed by atoms with Crippen LogP contribution in [0.15, 0.2) is 36.4 Å². The topological polar surface area (TPSA) is 63.4 Å². The molecule has 150 valence electrons. The number of hydrogen-bond acceptors (Lipinski definition) is 5. The molecule has 0 unspecified atom stereocenters. The van der Waals surface area contributed by atoms with E-state index >= 15 is 0 Å². The molecule has 0 spiro atoms. The maximum atomic E-state index is 6.24. The third kappa shape index (κ3) is 4.25. The number of hydrogen-bond donors (Lipinski definition) is 2. The van der Waals surface area contributed by atoms with Gasteiger partial charge in [-0.25, -0.2) is 0 Å². The third-order valence-electron chi connectivity index (χ3n) is 6.28. The molecule has 2 aliphatic rings. The number of hydrazine groups is 1. The van der Waals surface area contributed by atoms with Gasteiger partial charge in [-0.15, -0.1) is 0 Å². The van der Waals surface area contributed by atoms with Crippen molar-refractivity contribution in [2.75, 3.05) is 23.4 Å². The number of benzene rings is 1. The number of ether oxygens (including phenoxy) is 1. The van der Waals surface area contributed by atoms with E-state index in [2.05, 4.69) is 47.6 Å². The van der Waals surface area contributed by atoms with Crippen LogP contribution in [-0.4, -0.2) is 24.2 Å². The maximum Gasteiger partial charge on any atom is 0.217 e. The van der Waals surface area contributed by atoms with Crippen LogP contribution in [0.1, 0.15) is 62.0 Å². The Labute approximate surface area is 168 Å². The molecule has 4 rings (SSSR count). The highest BCUT2D eigenvalue weighted by molar-refractivity contribution is 5.64. The summed E-state index contributed by atoms with van der Waals surface area (Å²) in [5, 5.41) is 0. The number of anilines is 2. The summed E-state index contributed by atoms with van der Waals surface area (Å²) in [5.74, 6) is 8.14. The van der Waals surface area contributed by atoms with Gasteiger partial charge < -0.3 is 15.1 Å². The molecule has 1 aliphatic heterocycles. The van der Waals surface area contributed by atoms with E-state index in [9.17, 15) is 0 Å². The van der Waals surface area contributed by atoms with Gasteiger partial charge >= 0.3 is 0 Å². The summed E-state index contributed by atoms with van der Waals surface area (Å²) < 4.78 is 6.24. The highest BCUT2D eigenvalue weighted by atomic mass is 16.5. The van der Waals surface area contributed by atoms with Gasteiger partial charge in [0.25, 0.3) is 0 Å². The normalized spacial score (nSPS) is 18.9. The quantitative estimate of drug-likeness (QED) is 0.578. The van der Waals surface area contributed by atoms with Crippen molar-refractivity contribution in [1.29, 1.82) is 0 Å². The molecule has 2 aromatic rings. The SMILES string of the molecule is Cc1c(NN)cc(OC2CCCCC2)nc1N1CCC(c2ccccc2)CC1. The second-order valence-electron chi connectivity index (χ2n) is 8.15. The number of rotatable bonds is 5. The molecular weight excluding hydrogens is 348 g/mol. The fourth-order valence-electron chi connectivity index (χ4n) is 4.59. The number of nitrogens with two attached hydrogens (primary N) is 1. The summed E-state index contributed by atoms with van der Waals surface area (Å²) >= 11 is 0. The average molecular weight is 381 g/mol. The molecule has 2 heterocycles. The first kappa shape index (κ1) is 19.1. The lowest BCUT2D eigenvalue weighted by molar-refractivity contribution is 0.149. The molecule has 1 saturated heterocycles. The van der Waals surface area contributed by atoms with Crippen LogP contribution in [0, 0.1) is 6.92 Å². The van der Waals surface area contributed by atoms with Crippen molar-refractivity contribution in [3.63, 3.8) is 0 Å². The van der Waals surface area contributed by atoms with E-state index in [1.54, 1.807) is 0 Å². The van der Waals surface area contributed by atoms with Crippen LogP contribution in [0.3, 0.4) is 0 Å². The third-order valence-corrected chi connectivity index (χ3v) is 6.28. The average Bonchev–Trinajstić information content (AvgIpc) is 2.76. The summed E-state index contributed by atoms with van der Waals surface area (Å²) in [6.07, 6.45) is 8.63. The Morgan fingerprint density at radius 3 is 2.43 bits per heavy atom. The monoisotopic (exact) mass is 380 g/mol. The van der Waals surface area contributed by atoms with Gasteiger partial charge in [0.05, 0.1) is 5.69 Å². The number of nitrogens with one attached hydrogen (secondary N) is 1. The number of nitrogen functional groups attached to an aromatic ring is 1. The molecule has 1 aliphatic carbocycles. The van der Waals surface area contributed by atoms with E-state index in [0.29, 0.717) is 11.8 Å². The van der Waals surface area contributed by atoms with Crippen molar-refractivity contribution >= 4 is 11.5 Å². The Bertz CT molecular complexity index is 766. The molecule has 0 atom stereocenters. The first-order valence-electron chi connectivity index (χ1n) is 10.7. The predicted octanol–water partition coefficient (Wildman–Crippen LogP) is 4.77. The Hall–Kier alpha value is -2.27. The summed E-state index contributed by atoms with van der Waals surface area (Å²) in [6, 6.07) is 12.8. The Morgan fingerprint density at radius 1 is 1.04 bits per heavy atom. The van der Waals surface area contributed by atoms with Gasteiger partial charge in [-0.2, -0.15) is 4.98 Å². The van der Waals surface area contributed by atoms with Gasteiger partial charge in [-0.05, 0) is 56.9 Å². The molecule has 0 radical (unpaired) electrons. The van der Waals surface area contributed by atoms with Crippen LogP contribution < -0.4 is 20.9 Å². The maximum absolute atomic E-state index is 6.24. The van der Waals surface area contributed by atoms with E-state index < -0.39 is 0 Å². The second-order valence-corrected chi connectivity index (χ2v) is 8.15. The summed E-state index contributed by atoms with van der Waals surface area (Å²) in [7, 11) is 0. The number of pyridine rings is 1. The standard InChI is InChI=1S/C23H32N4O/c1-17-21(26-24)16-22(28-20-10-6-3-7-11-20)25-23(17)27-14-12-19(13-15-27)18-8-4-2-5-9-18/h2,4-5,8-9,16,19-20H,3,6-7,10-15,24H2,1H3,(H,25,26). The van der Waals surface area contributed by atoms with Crippen LogP contribution in [0.4, 0.5) is 11.5 Å². The lowest BCUT2D eigenvalue weighted by Gasteiger charge is -2.34. The van der Waals surface area contributed by atoms with E-state index in [1.807, 2.05) is 6.07 Å². The van der Waals surface area contributed by atoms with Gasteiger partial charge in [0.15, 0.2) is 0 Å². The first-order valence-corrected chi connectivity index (χ1v) is 10.7. The molecule has 5 heteroatoms. The molecule has 1 aromatic carbocycles. The van der Waals surface area contributed by atoms with Crippen molar-refractivity contribution in [3.05, 3.63) is 47.5 Å². The minimum absolute atomic E-state index is 0.284. The Morgan fingerprint density at radius 2 is 1.75 bits per heavy atom. The van der Waals surface area contributed by atoms with E-state index in [1.165, 1.54) is 24.8 Å². The predicted molar refractivity (Wildman–Crippen MR) is 115 cm³/mol. The zero-order valence-electron chi connectivity index (χ0n) is 16.9. The van der Waals surface area contributed by atoms with E-state index in [-0.39, 0.29) is 6.10 Å². The smallest absolute Gasteiger partial charge is 0.217 e. The van der Waals surface area contributed by atoms with Crippen molar-refractivity contribution in [2.45, 2.75) is 63.9 Å². The highest BCUT2D eigenvalue weighted by Crippen LogP contribution is 2.35. The fraction of sp³-hybridized carbons (Fsp3) is 0.522. The van der Waals surface area contributed by atoms with Crippen LogP contribution in [0.2, 0.25) is 0 Å². The van der Waals surface area contributed by atoms with Crippen molar-refractivity contribution in [2.24, 2.45) is 5.84 Å². The number of aromatic nitrogens is 1. The molecule has 3 N–H and O–H groups in total. The lowest BCUT2D eigenvalue weighted by atomic mass is 9.89. The van der Waals surface area contributed by atoms with E-state index in [0.717, 1.165) is 55.8 Å². The zero-order chi connectivity index (χ0) is 19.3. The second kappa shape index (κ2) is 8.82. The van der Waals surface area contributed by atoms with Crippen molar-refractivity contribution in [1.82, 2.24) is 4.98 Å². The summed E-state index contributed by atoms with van der Waals surface area (Å²) in [6.45, 7) is 4.10. The van der Waals surface area contributed by atoms with Gasteiger partial charge in [-0.1, -0.05) is 36.8 Å². The largest absolute Gasteiger partial charge is 0.474 e. The van der Waals surface area contributed by atoms with Crippen molar-refractivity contribution < 1.29 is 4.74 Å². The zero-order valence-corrected chi connectivity index (χ0v) is 16.9. The van der Waals surface area contributed by atoms with Gasteiger partial charge in [0.2, 0.25) is 5.88 Å². The van der Waals surface area contributed by atoms with E-state index in [4.69, 9.17) is 15.6 Å². The summed E-state index contributed by atoms with van der Waals surface area (Å²) in [5.41, 5.74) is 6.29. The lowest BCUT2D eigenvalue weighted by Crippen LogP contribution is -2.34. The molecular formula is C23H32N4O. The molecule has 1 saturated carbocycles. The van der Waals surface area contributed by atoms with Gasteiger partial charge in [0.1, 0.15) is 11.9 Å². The Kier molecular flexibility index (Phi) is 6.01. The van der Waals surface area contributed by atoms with Gasteiger partial charge in [0, 0.05) is 24.7 Å². The van der Waals surface area contributed by atoms with Crippen LogP contribution in [-0.2, 0) is 0 Å². The Balaban J connectivity index is 1.49. The highest BCUT2D eigenvalue weighted by Gasteiger charge is 2.24. The first-order chi connectivity index (χ1) is 13.7. The minimum Gasteiger partial charge on any atom is -0.474 e. The summed E-state index contributed by atoms with van der Waals surface area (Å²) in [4.78, 5) is 7.30. The minimum atomic E-state index is 0.284. The molecule has 1 aromatic heterocycles.